The van der Waals surface area contributed by atoms with Crippen molar-refractivity contribution < 1.29 is 28.5 Å². The normalized spacial score (nSPS) is 21.1. The quantitative estimate of drug-likeness (QED) is 0.146. The number of rotatable bonds is 16. The highest BCUT2D eigenvalue weighted by Gasteiger charge is 2.23. The first kappa shape index (κ1) is 31.4. The van der Waals surface area contributed by atoms with Crippen molar-refractivity contribution in [1.82, 2.24) is 0 Å². The summed E-state index contributed by atoms with van der Waals surface area (Å²) in [6.07, 6.45) is 50.4. The summed E-state index contributed by atoms with van der Waals surface area (Å²) in [5.74, 6) is 0. The molecule has 208 valence electrons. The smallest absolute Gasteiger partial charge is 0.430 e. The molecule has 0 saturated carbocycles. The van der Waals surface area contributed by atoms with E-state index in [-0.39, 0.29) is 12.2 Å². The van der Waals surface area contributed by atoms with Gasteiger partial charge in [0.05, 0.1) is 0 Å². The molecule has 0 aromatic heterocycles. The maximum Gasteiger partial charge on any atom is 0.508 e. The summed E-state index contributed by atoms with van der Waals surface area (Å²) < 4.78 is 19.3. The zero-order chi connectivity index (χ0) is 28.4. The summed E-state index contributed by atoms with van der Waals surface area (Å²) in [7, 11) is 0. The Morgan fingerprint density at radius 3 is 0.825 bits per heavy atom. The Kier molecular flexibility index (Phi) is 17.4. The first-order chi connectivity index (χ1) is 19.7. The van der Waals surface area contributed by atoms with E-state index in [1.807, 2.05) is 158 Å². The summed E-state index contributed by atoms with van der Waals surface area (Å²) >= 11 is 0. The molecule has 0 aliphatic carbocycles. The van der Waals surface area contributed by atoms with E-state index in [9.17, 15) is 9.59 Å². The van der Waals surface area contributed by atoms with E-state index >= 15 is 0 Å². The van der Waals surface area contributed by atoms with E-state index in [1.54, 1.807) is 0 Å². The average Bonchev–Trinajstić information content (AvgIpc) is 3.57. The van der Waals surface area contributed by atoms with Gasteiger partial charge in [-0.3, -0.25) is 0 Å². The van der Waals surface area contributed by atoms with Crippen LogP contribution in [0.2, 0.25) is 0 Å². The molecule has 2 fully saturated rings. The van der Waals surface area contributed by atoms with Crippen LogP contribution in [-0.4, -0.2) is 37.7 Å². The molecular formula is C34H36O6. The Morgan fingerprint density at radius 1 is 0.400 bits per heavy atom. The second kappa shape index (κ2) is 22.2. The Labute approximate surface area is 237 Å². The molecule has 2 rings (SSSR count). The zero-order valence-electron chi connectivity index (χ0n) is 22.4. The van der Waals surface area contributed by atoms with E-state index in [0.717, 1.165) is 0 Å². The lowest BCUT2D eigenvalue weighted by Gasteiger charge is -1.99. The van der Waals surface area contributed by atoms with Gasteiger partial charge in [-0.25, -0.2) is 9.59 Å². The maximum absolute atomic E-state index is 10.8. The molecule has 2 unspecified atom stereocenters. The number of hydrogen-bond acceptors (Lipinski definition) is 6. The molecular weight excluding hydrogens is 504 g/mol. The van der Waals surface area contributed by atoms with Gasteiger partial charge in [0.2, 0.25) is 0 Å². The highest BCUT2D eigenvalue weighted by Crippen LogP contribution is 2.10. The van der Waals surface area contributed by atoms with Gasteiger partial charge in [0.25, 0.3) is 0 Å². The number of allylic oxidation sites excluding steroid dienone is 24. The standard InChI is InChI=1S/C34H36O6/c35-33-37-29-31(39-33)27-25-23-21-19-17-15-13-11-9-7-5-3-1-2-4-6-8-10-12-14-16-18-20-22-24-26-28-32-30-38-34(36)40-32/h1-26,31-32H,27-30H2/b2-1+,5-3+,6-4?,9-7+,10-8?,13-11+,14-12+,17-15+,18-16+,21-19+,22-20+,25-23?,26-24+. The van der Waals surface area contributed by atoms with Crippen molar-refractivity contribution in [3.8, 4) is 0 Å². The molecule has 40 heavy (non-hydrogen) atoms. The fourth-order valence-electron chi connectivity index (χ4n) is 2.99. The van der Waals surface area contributed by atoms with Gasteiger partial charge in [-0.1, -0.05) is 158 Å². The fraction of sp³-hybridized carbons (Fsp3) is 0.176. The summed E-state index contributed by atoms with van der Waals surface area (Å²) in [4.78, 5) is 21.6. The number of hydrogen-bond donors (Lipinski definition) is 0. The van der Waals surface area contributed by atoms with E-state index in [1.165, 1.54) is 0 Å². The van der Waals surface area contributed by atoms with Gasteiger partial charge in [-0.05, 0) is 0 Å². The Bertz CT molecular complexity index is 1060. The third kappa shape index (κ3) is 17.6. The van der Waals surface area contributed by atoms with Crippen LogP contribution < -0.4 is 0 Å². The van der Waals surface area contributed by atoms with E-state index in [0.29, 0.717) is 26.1 Å². The van der Waals surface area contributed by atoms with E-state index < -0.39 is 12.3 Å². The predicted molar refractivity (Wildman–Crippen MR) is 160 cm³/mol. The molecule has 0 aromatic carbocycles. The van der Waals surface area contributed by atoms with Crippen LogP contribution in [-0.2, 0) is 18.9 Å². The lowest BCUT2D eigenvalue weighted by molar-refractivity contribution is 0.117. The van der Waals surface area contributed by atoms with Crippen molar-refractivity contribution in [3.05, 3.63) is 158 Å². The monoisotopic (exact) mass is 540 g/mol. The van der Waals surface area contributed by atoms with Gasteiger partial charge in [0, 0.05) is 12.8 Å². The molecule has 0 bridgehead atoms. The van der Waals surface area contributed by atoms with Crippen LogP contribution in [0, 0.1) is 0 Å². The third-order valence-corrected chi connectivity index (χ3v) is 4.93. The second-order valence-corrected chi connectivity index (χ2v) is 8.16. The fourth-order valence-corrected chi connectivity index (χ4v) is 2.99. The van der Waals surface area contributed by atoms with Crippen molar-refractivity contribution in [2.45, 2.75) is 25.0 Å². The van der Waals surface area contributed by atoms with Crippen molar-refractivity contribution in [2.75, 3.05) is 13.2 Å². The van der Waals surface area contributed by atoms with Crippen molar-refractivity contribution in [3.63, 3.8) is 0 Å². The SMILES string of the molecule is O=C1OCC(CC=C/C=C/C=C/C=C/C=C/C=C/C=C/C=CC=C/C=C/C=C/C=C/C=C/CC2COC(=O)O2)O1. The molecule has 0 aromatic rings. The van der Waals surface area contributed by atoms with Gasteiger partial charge in [0.1, 0.15) is 25.4 Å². The Hall–Kier alpha value is -4.84. The minimum absolute atomic E-state index is 0.174. The molecule has 0 radical (unpaired) electrons. The van der Waals surface area contributed by atoms with Gasteiger partial charge >= 0.3 is 12.3 Å². The van der Waals surface area contributed by atoms with Gasteiger partial charge in [-0.2, -0.15) is 0 Å². The number of cyclic esters (lactones) is 4. The Balaban J connectivity index is 1.47. The number of carbonyl (C=O) groups is 2. The average molecular weight is 541 g/mol. The molecule has 0 N–H and O–H groups in total. The molecule has 6 heteroatoms. The topological polar surface area (TPSA) is 71.1 Å². The molecule has 0 amide bonds. The lowest BCUT2D eigenvalue weighted by Crippen LogP contribution is -2.07. The van der Waals surface area contributed by atoms with Crippen LogP contribution in [0.3, 0.4) is 0 Å². The van der Waals surface area contributed by atoms with E-state index in [4.69, 9.17) is 18.9 Å². The van der Waals surface area contributed by atoms with Crippen LogP contribution in [0.1, 0.15) is 12.8 Å². The molecule has 0 spiro atoms. The second-order valence-electron chi connectivity index (χ2n) is 8.16. The summed E-state index contributed by atoms with van der Waals surface area (Å²) in [6, 6.07) is 0. The summed E-state index contributed by atoms with van der Waals surface area (Å²) in [5.41, 5.74) is 0. The van der Waals surface area contributed by atoms with Crippen LogP contribution in [0.4, 0.5) is 9.59 Å². The number of ether oxygens (including phenoxy) is 4. The first-order valence-corrected chi connectivity index (χ1v) is 13.1. The highest BCUT2D eigenvalue weighted by atomic mass is 16.8. The summed E-state index contributed by atoms with van der Waals surface area (Å²) in [5, 5.41) is 0. The van der Waals surface area contributed by atoms with Gasteiger partial charge in [0.15, 0.2) is 0 Å². The lowest BCUT2D eigenvalue weighted by atomic mass is 10.2. The summed E-state index contributed by atoms with van der Waals surface area (Å²) in [6.45, 7) is 0.647. The molecule has 2 atom stereocenters. The van der Waals surface area contributed by atoms with Gasteiger partial charge < -0.3 is 18.9 Å². The molecule has 2 aliphatic heterocycles. The van der Waals surface area contributed by atoms with Crippen LogP contribution in [0.25, 0.3) is 0 Å². The Morgan fingerprint density at radius 2 is 0.625 bits per heavy atom. The number of carbonyl (C=O) groups excluding carboxylic acids is 2. The molecule has 2 saturated heterocycles. The van der Waals surface area contributed by atoms with Gasteiger partial charge in [-0.15, -0.1) is 0 Å². The maximum atomic E-state index is 10.8. The molecule has 6 nitrogen and oxygen atoms in total. The van der Waals surface area contributed by atoms with E-state index in [2.05, 4.69) is 0 Å². The van der Waals surface area contributed by atoms with Crippen molar-refractivity contribution in [1.29, 1.82) is 0 Å². The minimum Gasteiger partial charge on any atom is -0.430 e. The molecule has 2 aliphatic rings. The molecule has 2 heterocycles. The van der Waals surface area contributed by atoms with Crippen molar-refractivity contribution >= 4 is 12.3 Å². The minimum atomic E-state index is -0.587. The zero-order valence-corrected chi connectivity index (χ0v) is 22.4. The van der Waals surface area contributed by atoms with Crippen LogP contribution in [0.5, 0.6) is 0 Å². The van der Waals surface area contributed by atoms with Crippen molar-refractivity contribution in [2.24, 2.45) is 0 Å². The third-order valence-electron chi connectivity index (χ3n) is 4.93. The largest absolute Gasteiger partial charge is 0.508 e. The first-order valence-electron chi connectivity index (χ1n) is 13.1. The predicted octanol–water partition coefficient (Wildman–Crippen LogP) is 8.07. The van der Waals surface area contributed by atoms with Crippen LogP contribution in [0.15, 0.2) is 158 Å². The van der Waals surface area contributed by atoms with Crippen LogP contribution >= 0.6 is 0 Å². The highest BCUT2D eigenvalue weighted by molar-refractivity contribution is 5.62.